The monoisotopic (exact) mass is 254 g/mol. The molecule has 3 aliphatic heterocycles. The fraction of sp³-hybridized carbons (Fsp3) is 1.00. The predicted molar refractivity (Wildman–Crippen MR) is 75.4 cm³/mol. The van der Waals surface area contributed by atoms with Crippen LogP contribution in [0.25, 0.3) is 0 Å². The molecule has 2 bridgehead atoms. The summed E-state index contributed by atoms with van der Waals surface area (Å²) in [6.45, 7) is 3.80. The van der Waals surface area contributed by atoms with Gasteiger partial charge in [0.25, 0.3) is 0 Å². The van der Waals surface area contributed by atoms with Gasteiger partial charge in [-0.15, -0.1) is 0 Å². The molecule has 0 saturated carbocycles. The van der Waals surface area contributed by atoms with Gasteiger partial charge in [-0.2, -0.15) is 11.8 Å². The topological polar surface area (TPSA) is 29.3 Å². The maximum atomic E-state index is 6.20. The maximum absolute atomic E-state index is 6.20. The Morgan fingerprint density at radius 1 is 1.24 bits per heavy atom. The van der Waals surface area contributed by atoms with Crippen LogP contribution < -0.4 is 5.73 Å². The highest BCUT2D eigenvalue weighted by Crippen LogP contribution is 2.42. The van der Waals surface area contributed by atoms with Crippen molar-refractivity contribution in [1.29, 1.82) is 0 Å². The Morgan fingerprint density at radius 2 is 1.94 bits per heavy atom. The second kappa shape index (κ2) is 4.75. The predicted octanol–water partition coefficient (Wildman–Crippen LogP) is 2.62. The summed E-state index contributed by atoms with van der Waals surface area (Å²) in [7, 11) is 0. The lowest BCUT2D eigenvalue weighted by Crippen LogP contribution is -2.58. The molecular weight excluding hydrogens is 228 g/mol. The molecule has 0 spiro atoms. The first-order valence-electron chi connectivity index (χ1n) is 7.32. The SMILES string of the molecule is CC1(CN2C3CCCC2CC(N)C3)CCCS1. The number of piperidine rings is 2. The molecule has 0 amide bonds. The Bertz CT molecular complexity index is 261. The molecule has 0 aliphatic carbocycles. The summed E-state index contributed by atoms with van der Waals surface area (Å²) in [5.74, 6) is 1.37. The molecule has 3 saturated heterocycles. The van der Waals surface area contributed by atoms with Crippen molar-refractivity contribution in [2.75, 3.05) is 12.3 Å². The largest absolute Gasteiger partial charge is 0.328 e. The standard InChI is InChI=1S/C14H26N2S/c1-14(6-3-7-17-14)10-16-12-4-2-5-13(16)9-11(15)8-12/h11-13H,2-10,15H2,1H3. The van der Waals surface area contributed by atoms with Crippen LogP contribution >= 0.6 is 11.8 Å². The quantitative estimate of drug-likeness (QED) is 0.821. The molecule has 3 aliphatic rings. The Morgan fingerprint density at radius 3 is 2.53 bits per heavy atom. The smallest absolute Gasteiger partial charge is 0.0259 e. The first-order chi connectivity index (χ1) is 8.16. The van der Waals surface area contributed by atoms with Crippen LogP contribution in [0.4, 0.5) is 0 Å². The zero-order chi connectivity index (χ0) is 11.9. The summed E-state index contributed by atoms with van der Waals surface area (Å²) in [5, 5.41) is 0. The Kier molecular flexibility index (Phi) is 3.44. The highest BCUT2D eigenvalue weighted by Gasteiger charge is 2.41. The van der Waals surface area contributed by atoms with Gasteiger partial charge < -0.3 is 5.73 Å². The normalized spacial score (nSPS) is 47.3. The summed E-state index contributed by atoms with van der Waals surface area (Å²) < 4.78 is 0.537. The maximum Gasteiger partial charge on any atom is 0.0259 e. The molecule has 3 atom stereocenters. The molecule has 3 heterocycles. The molecule has 3 unspecified atom stereocenters. The average Bonchev–Trinajstić information content (AvgIpc) is 2.67. The molecular formula is C14H26N2S. The fourth-order valence-electron chi connectivity index (χ4n) is 4.13. The van der Waals surface area contributed by atoms with Crippen LogP contribution in [0.5, 0.6) is 0 Å². The zero-order valence-corrected chi connectivity index (χ0v) is 11.8. The number of nitrogens with two attached hydrogens (primary N) is 1. The summed E-state index contributed by atoms with van der Waals surface area (Å²) in [4.78, 5) is 2.84. The van der Waals surface area contributed by atoms with E-state index in [9.17, 15) is 0 Å². The molecule has 2 nitrogen and oxygen atoms in total. The van der Waals surface area contributed by atoms with E-state index in [1.165, 1.54) is 57.2 Å². The van der Waals surface area contributed by atoms with Crippen molar-refractivity contribution in [2.45, 2.75) is 74.7 Å². The van der Waals surface area contributed by atoms with Gasteiger partial charge in [0.05, 0.1) is 0 Å². The van der Waals surface area contributed by atoms with E-state index in [1.807, 2.05) is 0 Å². The summed E-state index contributed by atoms with van der Waals surface area (Å²) >= 11 is 2.20. The van der Waals surface area contributed by atoms with E-state index in [0.717, 1.165) is 12.1 Å². The fourth-order valence-corrected chi connectivity index (χ4v) is 5.44. The highest BCUT2D eigenvalue weighted by molar-refractivity contribution is 8.00. The second-order valence-corrected chi connectivity index (χ2v) is 8.23. The lowest BCUT2D eigenvalue weighted by molar-refractivity contribution is 0.0245. The molecule has 3 heteroatoms. The Hall–Kier alpha value is 0.270. The van der Waals surface area contributed by atoms with E-state index in [0.29, 0.717) is 10.8 Å². The number of thioether (sulfide) groups is 1. The second-order valence-electron chi connectivity index (χ2n) is 6.54. The van der Waals surface area contributed by atoms with E-state index in [4.69, 9.17) is 5.73 Å². The summed E-state index contributed by atoms with van der Waals surface area (Å²) in [6.07, 6.45) is 9.55. The van der Waals surface area contributed by atoms with Gasteiger partial charge in [0.1, 0.15) is 0 Å². The molecule has 2 N–H and O–H groups in total. The Labute approximate surface area is 110 Å². The van der Waals surface area contributed by atoms with Gasteiger partial charge in [-0.25, -0.2) is 0 Å². The van der Waals surface area contributed by atoms with Crippen LogP contribution in [0.1, 0.15) is 51.9 Å². The number of rotatable bonds is 2. The molecule has 0 aromatic carbocycles. The van der Waals surface area contributed by atoms with Gasteiger partial charge in [-0.3, -0.25) is 4.90 Å². The van der Waals surface area contributed by atoms with Crippen molar-refractivity contribution in [3.63, 3.8) is 0 Å². The first-order valence-corrected chi connectivity index (χ1v) is 8.30. The molecule has 17 heavy (non-hydrogen) atoms. The minimum absolute atomic E-state index is 0.477. The van der Waals surface area contributed by atoms with Crippen LogP contribution in [0.15, 0.2) is 0 Å². The average molecular weight is 254 g/mol. The van der Waals surface area contributed by atoms with Crippen molar-refractivity contribution in [3.8, 4) is 0 Å². The van der Waals surface area contributed by atoms with Crippen molar-refractivity contribution in [1.82, 2.24) is 4.90 Å². The van der Waals surface area contributed by atoms with Crippen LogP contribution in [0.2, 0.25) is 0 Å². The molecule has 3 fully saturated rings. The van der Waals surface area contributed by atoms with E-state index in [1.54, 1.807) is 0 Å². The van der Waals surface area contributed by atoms with Crippen molar-refractivity contribution in [2.24, 2.45) is 5.73 Å². The summed E-state index contributed by atoms with van der Waals surface area (Å²) in [6, 6.07) is 2.08. The molecule has 0 aromatic rings. The van der Waals surface area contributed by atoms with E-state index >= 15 is 0 Å². The van der Waals surface area contributed by atoms with Crippen LogP contribution in [-0.4, -0.2) is 40.1 Å². The van der Waals surface area contributed by atoms with Crippen LogP contribution in [0, 0.1) is 0 Å². The van der Waals surface area contributed by atoms with Gasteiger partial charge in [0.15, 0.2) is 0 Å². The minimum atomic E-state index is 0.477. The van der Waals surface area contributed by atoms with Crippen molar-refractivity contribution >= 4 is 11.8 Å². The summed E-state index contributed by atoms with van der Waals surface area (Å²) in [5.41, 5.74) is 6.20. The van der Waals surface area contributed by atoms with Crippen LogP contribution in [-0.2, 0) is 0 Å². The molecule has 0 aromatic heterocycles. The minimum Gasteiger partial charge on any atom is -0.328 e. The third kappa shape index (κ3) is 2.52. The van der Waals surface area contributed by atoms with Crippen LogP contribution in [0.3, 0.4) is 0 Å². The first kappa shape index (κ1) is 12.3. The van der Waals surface area contributed by atoms with E-state index < -0.39 is 0 Å². The third-order valence-electron chi connectivity index (χ3n) is 4.98. The number of hydrogen-bond acceptors (Lipinski definition) is 3. The molecule has 98 valence electrons. The van der Waals surface area contributed by atoms with Gasteiger partial charge in [0, 0.05) is 29.4 Å². The van der Waals surface area contributed by atoms with Crippen molar-refractivity contribution in [3.05, 3.63) is 0 Å². The van der Waals surface area contributed by atoms with Crippen molar-refractivity contribution < 1.29 is 0 Å². The molecule has 0 radical (unpaired) electrons. The Balaban J connectivity index is 1.69. The third-order valence-corrected chi connectivity index (χ3v) is 6.50. The van der Waals surface area contributed by atoms with Gasteiger partial charge in [0.2, 0.25) is 0 Å². The zero-order valence-electron chi connectivity index (χ0n) is 11.0. The van der Waals surface area contributed by atoms with E-state index in [-0.39, 0.29) is 0 Å². The lowest BCUT2D eigenvalue weighted by atomic mass is 9.81. The number of nitrogens with zero attached hydrogens (tertiary/aromatic N) is 1. The molecule has 3 rings (SSSR count). The van der Waals surface area contributed by atoms with E-state index in [2.05, 4.69) is 23.6 Å². The lowest BCUT2D eigenvalue weighted by Gasteiger charge is -2.50. The number of hydrogen-bond donors (Lipinski definition) is 1. The van der Waals surface area contributed by atoms with Gasteiger partial charge >= 0.3 is 0 Å². The number of fused-ring (bicyclic) bond motifs is 2. The highest BCUT2D eigenvalue weighted by atomic mass is 32.2. The van der Waals surface area contributed by atoms with Gasteiger partial charge in [-0.05, 0) is 51.2 Å². The van der Waals surface area contributed by atoms with Gasteiger partial charge in [-0.1, -0.05) is 6.42 Å².